The fourth-order valence-corrected chi connectivity index (χ4v) is 4.94. The molecule has 0 radical (unpaired) electrons. The normalized spacial score (nSPS) is 15.1. The van der Waals surface area contributed by atoms with Gasteiger partial charge in [0.15, 0.2) is 0 Å². The smallest absolute Gasteiger partial charge is 0.339 e. The summed E-state index contributed by atoms with van der Waals surface area (Å²) in [5, 5.41) is 2.41. The monoisotopic (exact) mass is 453 g/mol. The van der Waals surface area contributed by atoms with Crippen molar-refractivity contribution in [3.63, 3.8) is 0 Å². The number of rotatable bonds is 6. The molecule has 0 saturated carbocycles. The van der Waals surface area contributed by atoms with Crippen molar-refractivity contribution >= 4 is 45.2 Å². The zero-order valence-electron chi connectivity index (χ0n) is 18.3. The van der Waals surface area contributed by atoms with Gasteiger partial charge in [-0.1, -0.05) is 37.3 Å². The van der Waals surface area contributed by atoms with Gasteiger partial charge in [0.1, 0.15) is 10.6 Å². The first-order chi connectivity index (χ1) is 15.5. The topological polar surface area (TPSA) is 102 Å². The van der Waals surface area contributed by atoms with Gasteiger partial charge in [0, 0.05) is 37.5 Å². The number of nitrogens with two attached hydrogens (primary N) is 1. The molecule has 3 heterocycles. The lowest BCUT2D eigenvalue weighted by atomic mass is 9.99. The van der Waals surface area contributed by atoms with Crippen LogP contribution in [-0.2, 0) is 16.0 Å². The number of hydrogen-bond acceptors (Lipinski definition) is 8. The molecule has 0 aliphatic carbocycles. The minimum Gasteiger partial charge on any atom is -0.462 e. The lowest BCUT2D eigenvalue weighted by Crippen LogP contribution is -2.50. The number of ether oxygens (including phenoxy) is 1. The van der Waals surface area contributed by atoms with Crippen molar-refractivity contribution in [2.75, 3.05) is 43.4 Å². The van der Waals surface area contributed by atoms with Gasteiger partial charge in [-0.2, -0.15) is 4.98 Å². The number of esters is 1. The number of piperazine rings is 1. The van der Waals surface area contributed by atoms with Crippen LogP contribution in [0.25, 0.3) is 10.2 Å². The van der Waals surface area contributed by atoms with Crippen molar-refractivity contribution in [3.8, 4) is 0 Å². The summed E-state index contributed by atoms with van der Waals surface area (Å²) in [6.07, 6.45) is 0.723. The van der Waals surface area contributed by atoms with Crippen LogP contribution < -0.4 is 10.6 Å². The summed E-state index contributed by atoms with van der Waals surface area (Å²) >= 11 is 1.35. The first-order valence-electron chi connectivity index (χ1n) is 10.8. The molecule has 1 amide bonds. The van der Waals surface area contributed by atoms with Crippen LogP contribution in [0, 0.1) is 5.92 Å². The largest absolute Gasteiger partial charge is 0.462 e. The molecule has 1 atom stereocenters. The highest BCUT2D eigenvalue weighted by molar-refractivity contribution is 7.17. The summed E-state index contributed by atoms with van der Waals surface area (Å²) in [6.45, 7) is 6.43. The number of fused-ring (bicyclic) bond motifs is 1. The molecule has 0 spiro atoms. The SMILES string of the molecule is CCOC(=O)c1csc2nc(N)nc(N3CCN(C(=O)C(C)Cc4ccccc4)CC3)c12. The average Bonchev–Trinajstić information content (AvgIpc) is 3.23. The molecule has 1 unspecified atom stereocenters. The van der Waals surface area contributed by atoms with Crippen molar-refractivity contribution in [2.24, 2.45) is 5.92 Å². The minimum atomic E-state index is -0.392. The Labute approximate surface area is 191 Å². The third-order valence-electron chi connectivity index (χ3n) is 5.62. The lowest BCUT2D eigenvalue weighted by Gasteiger charge is -2.37. The van der Waals surface area contributed by atoms with Gasteiger partial charge in [-0.15, -0.1) is 11.3 Å². The molecule has 1 aliphatic rings. The number of nitrogens with zero attached hydrogens (tertiary/aromatic N) is 4. The number of anilines is 2. The molecular formula is C23H27N5O3S. The molecule has 9 heteroatoms. The molecule has 1 aliphatic heterocycles. The zero-order chi connectivity index (χ0) is 22.7. The Morgan fingerprint density at radius 2 is 1.88 bits per heavy atom. The van der Waals surface area contributed by atoms with E-state index in [1.54, 1.807) is 12.3 Å². The quantitative estimate of drug-likeness (QED) is 0.573. The van der Waals surface area contributed by atoms with E-state index < -0.39 is 5.97 Å². The maximum atomic E-state index is 13.0. The van der Waals surface area contributed by atoms with Crippen LogP contribution in [0.15, 0.2) is 35.7 Å². The molecule has 2 N–H and O–H groups in total. The van der Waals surface area contributed by atoms with Crippen molar-refractivity contribution in [1.82, 2.24) is 14.9 Å². The summed E-state index contributed by atoms with van der Waals surface area (Å²) in [5.74, 6) is 0.471. The molecule has 1 fully saturated rings. The Hall–Kier alpha value is -3.20. The van der Waals surface area contributed by atoms with E-state index in [2.05, 4.69) is 27.0 Å². The Bertz CT molecular complexity index is 1110. The van der Waals surface area contributed by atoms with Crippen LogP contribution >= 0.6 is 11.3 Å². The fraction of sp³-hybridized carbons (Fsp3) is 0.391. The summed E-state index contributed by atoms with van der Waals surface area (Å²) in [7, 11) is 0. The zero-order valence-corrected chi connectivity index (χ0v) is 19.1. The van der Waals surface area contributed by atoms with Gasteiger partial charge in [-0.3, -0.25) is 4.79 Å². The van der Waals surface area contributed by atoms with E-state index in [-0.39, 0.29) is 17.8 Å². The maximum Gasteiger partial charge on any atom is 0.339 e. The third-order valence-corrected chi connectivity index (χ3v) is 6.50. The molecule has 8 nitrogen and oxygen atoms in total. The predicted molar refractivity (Wildman–Crippen MR) is 126 cm³/mol. The van der Waals surface area contributed by atoms with E-state index in [4.69, 9.17) is 10.5 Å². The number of thiophene rings is 1. The van der Waals surface area contributed by atoms with E-state index in [9.17, 15) is 9.59 Å². The highest BCUT2D eigenvalue weighted by Crippen LogP contribution is 2.33. The number of amides is 1. The summed E-state index contributed by atoms with van der Waals surface area (Å²) in [4.78, 5) is 38.8. The van der Waals surface area contributed by atoms with Crippen LogP contribution in [0.1, 0.15) is 29.8 Å². The highest BCUT2D eigenvalue weighted by atomic mass is 32.1. The van der Waals surface area contributed by atoms with Gasteiger partial charge in [0.2, 0.25) is 11.9 Å². The van der Waals surface area contributed by atoms with Crippen LogP contribution in [0.3, 0.4) is 0 Å². The number of carbonyl (C=O) groups is 2. The van der Waals surface area contributed by atoms with Crippen LogP contribution in [0.4, 0.5) is 11.8 Å². The number of hydrogen-bond donors (Lipinski definition) is 1. The summed E-state index contributed by atoms with van der Waals surface area (Å²) in [5.41, 5.74) is 7.56. The van der Waals surface area contributed by atoms with E-state index >= 15 is 0 Å². The highest BCUT2D eigenvalue weighted by Gasteiger charge is 2.28. The average molecular weight is 454 g/mol. The van der Waals surface area contributed by atoms with Gasteiger partial charge in [-0.25, -0.2) is 9.78 Å². The van der Waals surface area contributed by atoms with Crippen molar-refractivity contribution in [3.05, 3.63) is 46.8 Å². The second-order valence-electron chi connectivity index (χ2n) is 7.86. The molecule has 168 valence electrons. The van der Waals surface area contributed by atoms with E-state index in [1.165, 1.54) is 11.3 Å². The Morgan fingerprint density at radius 1 is 1.16 bits per heavy atom. The first-order valence-corrected chi connectivity index (χ1v) is 11.7. The predicted octanol–water partition coefficient (Wildman–Crippen LogP) is 2.98. The van der Waals surface area contributed by atoms with Crippen molar-refractivity contribution in [2.45, 2.75) is 20.3 Å². The van der Waals surface area contributed by atoms with Crippen LogP contribution in [-0.4, -0.2) is 59.5 Å². The maximum absolute atomic E-state index is 13.0. The van der Waals surface area contributed by atoms with Gasteiger partial charge in [0.25, 0.3) is 0 Å². The van der Waals surface area contributed by atoms with E-state index in [0.717, 1.165) is 12.0 Å². The molecule has 4 rings (SSSR count). The van der Waals surface area contributed by atoms with Gasteiger partial charge < -0.3 is 20.3 Å². The number of aromatic nitrogens is 2. The molecule has 0 bridgehead atoms. The molecule has 2 aromatic heterocycles. The lowest BCUT2D eigenvalue weighted by molar-refractivity contribution is -0.135. The van der Waals surface area contributed by atoms with Crippen molar-refractivity contribution < 1.29 is 14.3 Å². The van der Waals surface area contributed by atoms with Gasteiger partial charge >= 0.3 is 5.97 Å². The molecule has 1 aromatic carbocycles. The second-order valence-corrected chi connectivity index (χ2v) is 8.72. The Morgan fingerprint density at radius 3 is 2.56 bits per heavy atom. The minimum absolute atomic E-state index is 0.0855. The summed E-state index contributed by atoms with van der Waals surface area (Å²) < 4.78 is 5.20. The second kappa shape index (κ2) is 9.52. The molecule has 3 aromatic rings. The Kier molecular flexibility index (Phi) is 6.55. The number of nitrogen functional groups attached to an aromatic ring is 1. The van der Waals surface area contributed by atoms with Crippen molar-refractivity contribution in [1.29, 1.82) is 0 Å². The van der Waals surface area contributed by atoms with Gasteiger partial charge in [-0.05, 0) is 18.9 Å². The standard InChI is InChI=1S/C23H27N5O3S/c1-3-31-22(30)17-14-32-20-18(17)19(25-23(24)26-20)27-9-11-28(12-10-27)21(29)15(2)13-16-7-5-4-6-8-16/h4-8,14-15H,3,9-13H2,1-2H3,(H2,24,25,26). The summed E-state index contributed by atoms with van der Waals surface area (Å²) in [6, 6.07) is 10.1. The number of benzene rings is 1. The Balaban J connectivity index is 1.48. The fourth-order valence-electron chi connectivity index (χ4n) is 4.03. The van der Waals surface area contributed by atoms with Crippen LogP contribution in [0.5, 0.6) is 0 Å². The molecule has 32 heavy (non-hydrogen) atoms. The van der Waals surface area contributed by atoms with Gasteiger partial charge in [0.05, 0.1) is 17.6 Å². The van der Waals surface area contributed by atoms with E-state index in [1.807, 2.05) is 30.0 Å². The molecule has 1 saturated heterocycles. The molecular weight excluding hydrogens is 426 g/mol. The van der Waals surface area contributed by atoms with E-state index in [0.29, 0.717) is 54.4 Å². The van der Waals surface area contributed by atoms with Crippen LogP contribution in [0.2, 0.25) is 0 Å². The number of carbonyl (C=O) groups excluding carboxylic acids is 2. The third kappa shape index (κ3) is 4.52. The first kappa shape index (κ1) is 22.0.